The Morgan fingerprint density at radius 3 is 1.79 bits per heavy atom. The van der Waals surface area contributed by atoms with E-state index in [2.05, 4.69) is 13.5 Å². The van der Waals surface area contributed by atoms with Gasteiger partial charge in [0.2, 0.25) is 0 Å². The Balaban J connectivity index is 3.11. The maximum atomic E-state index is 11.5. The molecule has 0 saturated carbocycles. The van der Waals surface area contributed by atoms with E-state index in [1.165, 1.54) is 70.6 Å². The number of carbonyl (C=O) groups excluding carboxylic acids is 1. The maximum Gasteiger partial charge on any atom is 0.305 e. The molecule has 0 rings (SSSR count). The molecule has 0 aliphatic carbocycles. The largest absolute Gasteiger partial charge is 0.463 e. The Morgan fingerprint density at radius 1 is 0.792 bits per heavy atom. The molecule has 3 heteroatoms. The molecule has 0 spiro atoms. The fourth-order valence-electron chi connectivity index (χ4n) is 2.74. The van der Waals surface area contributed by atoms with Crippen molar-refractivity contribution in [3.63, 3.8) is 0 Å². The summed E-state index contributed by atoms with van der Waals surface area (Å²) in [5.41, 5.74) is 0. The van der Waals surface area contributed by atoms with E-state index >= 15 is 0 Å². The van der Waals surface area contributed by atoms with Crippen molar-refractivity contribution in [1.82, 2.24) is 0 Å². The average Bonchev–Trinajstić information content (AvgIpc) is 2.59. The highest BCUT2D eigenvalue weighted by Crippen LogP contribution is 2.13. The van der Waals surface area contributed by atoms with Gasteiger partial charge in [-0.1, -0.05) is 90.0 Å². The molecule has 0 bridgehead atoms. The minimum absolute atomic E-state index is 0.0970. The second-order valence-electron chi connectivity index (χ2n) is 6.58. The first-order valence-electron chi connectivity index (χ1n) is 10.2. The van der Waals surface area contributed by atoms with Gasteiger partial charge in [-0.2, -0.15) is 0 Å². The number of unbranched alkanes of at least 4 members (excludes halogenated alkanes) is 12. The summed E-state index contributed by atoms with van der Waals surface area (Å²) in [6, 6.07) is 0. The highest BCUT2D eigenvalue weighted by atomic mass is 16.6. The molecule has 0 heterocycles. The Bertz CT molecular complexity index is 276. The van der Waals surface area contributed by atoms with E-state index in [9.17, 15) is 4.79 Å². The first-order chi connectivity index (χ1) is 11.8. The summed E-state index contributed by atoms with van der Waals surface area (Å²) >= 11 is 0. The Morgan fingerprint density at radius 2 is 1.29 bits per heavy atom. The topological polar surface area (TPSA) is 35.5 Å². The standard InChI is InChI=1S/C21H40O3/c1-3-5-6-7-8-9-10-11-12-13-14-15-16-17-21(22)24-20-19-23-18-4-2/h4H,2-3,5-20H2,1H3. The summed E-state index contributed by atoms with van der Waals surface area (Å²) in [7, 11) is 0. The Hall–Kier alpha value is -0.830. The third-order valence-corrected chi connectivity index (χ3v) is 4.21. The van der Waals surface area contributed by atoms with Crippen molar-refractivity contribution in [3.8, 4) is 0 Å². The first kappa shape index (κ1) is 23.2. The van der Waals surface area contributed by atoms with Crippen LogP contribution in [0.3, 0.4) is 0 Å². The van der Waals surface area contributed by atoms with Gasteiger partial charge >= 0.3 is 5.97 Å². The molecule has 0 aromatic heterocycles. The van der Waals surface area contributed by atoms with Gasteiger partial charge in [0.15, 0.2) is 0 Å². The van der Waals surface area contributed by atoms with E-state index in [1.54, 1.807) is 6.08 Å². The summed E-state index contributed by atoms with van der Waals surface area (Å²) in [6.45, 7) is 7.14. The van der Waals surface area contributed by atoms with Crippen LogP contribution >= 0.6 is 0 Å². The molecule has 0 N–H and O–H groups in total. The SMILES string of the molecule is C=CCOCCOC(=O)CCCCCCCCCCCCCCC. The van der Waals surface area contributed by atoms with Gasteiger partial charge in [-0.25, -0.2) is 0 Å². The lowest BCUT2D eigenvalue weighted by atomic mass is 10.0. The van der Waals surface area contributed by atoms with Gasteiger partial charge in [0.1, 0.15) is 6.61 Å². The van der Waals surface area contributed by atoms with Crippen molar-refractivity contribution < 1.29 is 14.3 Å². The lowest BCUT2D eigenvalue weighted by Crippen LogP contribution is -2.10. The summed E-state index contributed by atoms with van der Waals surface area (Å²) in [5.74, 6) is -0.0970. The van der Waals surface area contributed by atoms with Crippen LogP contribution in [0.4, 0.5) is 0 Å². The summed E-state index contributed by atoms with van der Waals surface area (Å²) in [6.07, 6.45) is 19.4. The fourth-order valence-corrected chi connectivity index (χ4v) is 2.74. The van der Waals surface area contributed by atoms with Gasteiger partial charge in [0.05, 0.1) is 13.2 Å². The van der Waals surface area contributed by atoms with Crippen molar-refractivity contribution in [1.29, 1.82) is 0 Å². The lowest BCUT2D eigenvalue weighted by Gasteiger charge is -2.05. The third kappa shape index (κ3) is 19.2. The molecular weight excluding hydrogens is 300 g/mol. The molecule has 0 aromatic rings. The van der Waals surface area contributed by atoms with Crippen molar-refractivity contribution >= 4 is 5.97 Å². The van der Waals surface area contributed by atoms with E-state index < -0.39 is 0 Å². The van der Waals surface area contributed by atoms with Crippen LogP contribution in [0.5, 0.6) is 0 Å². The van der Waals surface area contributed by atoms with Crippen LogP contribution in [0.2, 0.25) is 0 Å². The number of hydrogen-bond donors (Lipinski definition) is 0. The van der Waals surface area contributed by atoms with Crippen molar-refractivity contribution in [2.75, 3.05) is 19.8 Å². The maximum absolute atomic E-state index is 11.5. The van der Waals surface area contributed by atoms with E-state index in [1.807, 2.05) is 0 Å². The lowest BCUT2D eigenvalue weighted by molar-refractivity contribution is -0.145. The zero-order valence-electron chi connectivity index (χ0n) is 16.0. The van der Waals surface area contributed by atoms with Crippen LogP contribution in [-0.2, 0) is 14.3 Å². The van der Waals surface area contributed by atoms with Crippen LogP contribution in [0.15, 0.2) is 12.7 Å². The quantitative estimate of drug-likeness (QED) is 0.159. The van der Waals surface area contributed by atoms with Gasteiger partial charge in [-0.3, -0.25) is 4.79 Å². The van der Waals surface area contributed by atoms with Crippen molar-refractivity contribution in [2.45, 2.75) is 96.8 Å². The Kier molecular flexibility index (Phi) is 19.5. The van der Waals surface area contributed by atoms with Gasteiger partial charge in [-0.05, 0) is 6.42 Å². The second-order valence-corrected chi connectivity index (χ2v) is 6.58. The minimum atomic E-state index is -0.0970. The van der Waals surface area contributed by atoms with Crippen LogP contribution in [-0.4, -0.2) is 25.8 Å². The summed E-state index contributed by atoms with van der Waals surface area (Å²) in [4.78, 5) is 11.5. The average molecular weight is 341 g/mol. The van der Waals surface area contributed by atoms with Gasteiger partial charge < -0.3 is 9.47 Å². The monoisotopic (exact) mass is 340 g/mol. The predicted octanol–water partition coefficient (Wildman–Crippen LogP) is 6.21. The van der Waals surface area contributed by atoms with Gasteiger partial charge in [0.25, 0.3) is 0 Å². The van der Waals surface area contributed by atoms with Crippen molar-refractivity contribution in [3.05, 3.63) is 12.7 Å². The van der Waals surface area contributed by atoms with E-state index in [4.69, 9.17) is 9.47 Å². The highest BCUT2D eigenvalue weighted by molar-refractivity contribution is 5.69. The normalized spacial score (nSPS) is 10.7. The first-order valence-corrected chi connectivity index (χ1v) is 10.2. The minimum Gasteiger partial charge on any atom is -0.463 e. The Labute approximate surface area is 150 Å². The van der Waals surface area contributed by atoms with Crippen LogP contribution < -0.4 is 0 Å². The number of rotatable bonds is 19. The summed E-state index contributed by atoms with van der Waals surface area (Å²) < 4.78 is 10.3. The van der Waals surface area contributed by atoms with E-state index in [0.717, 1.165) is 12.8 Å². The molecule has 0 saturated heterocycles. The molecule has 0 aliphatic rings. The molecule has 0 aromatic carbocycles. The van der Waals surface area contributed by atoms with Gasteiger partial charge in [-0.15, -0.1) is 6.58 Å². The zero-order valence-corrected chi connectivity index (χ0v) is 16.0. The predicted molar refractivity (Wildman–Crippen MR) is 102 cm³/mol. The number of ether oxygens (including phenoxy) is 2. The molecule has 0 atom stereocenters. The molecule has 0 fully saturated rings. The molecule has 0 radical (unpaired) electrons. The molecule has 0 aliphatic heterocycles. The number of esters is 1. The van der Waals surface area contributed by atoms with Crippen molar-refractivity contribution in [2.24, 2.45) is 0 Å². The fraction of sp³-hybridized carbons (Fsp3) is 0.857. The smallest absolute Gasteiger partial charge is 0.305 e. The van der Waals surface area contributed by atoms with Crippen LogP contribution in [0.25, 0.3) is 0 Å². The second kappa shape index (κ2) is 20.2. The highest BCUT2D eigenvalue weighted by Gasteiger charge is 2.02. The molecule has 142 valence electrons. The van der Waals surface area contributed by atoms with Gasteiger partial charge in [0, 0.05) is 6.42 Å². The van der Waals surface area contributed by atoms with E-state index in [0.29, 0.717) is 26.2 Å². The third-order valence-electron chi connectivity index (χ3n) is 4.21. The molecule has 24 heavy (non-hydrogen) atoms. The molecule has 3 nitrogen and oxygen atoms in total. The number of hydrogen-bond acceptors (Lipinski definition) is 3. The van der Waals surface area contributed by atoms with E-state index in [-0.39, 0.29) is 5.97 Å². The molecule has 0 unspecified atom stereocenters. The summed E-state index contributed by atoms with van der Waals surface area (Å²) in [5, 5.41) is 0. The van der Waals surface area contributed by atoms with Crippen LogP contribution in [0.1, 0.15) is 96.8 Å². The molecular formula is C21H40O3. The zero-order chi connectivity index (χ0) is 17.7. The molecule has 0 amide bonds. The number of carbonyl (C=O) groups is 1. The van der Waals surface area contributed by atoms with Crippen LogP contribution in [0, 0.1) is 0 Å².